The SMILES string of the molecule is CCOC(=O)NC1[C@H]2CNC[C@@H]12. The molecule has 2 aliphatic rings. The number of ether oxygens (including phenoxy) is 1. The number of hydrogen-bond donors (Lipinski definition) is 2. The van der Waals surface area contributed by atoms with Crippen molar-refractivity contribution >= 4 is 6.09 Å². The molecule has 3 atom stereocenters. The van der Waals surface area contributed by atoms with Gasteiger partial charge >= 0.3 is 6.09 Å². The standard InChI is InChI=1S/C8H14N2O2/c1-2-12-8(11)10-7-5-3-9-4-6(5)7/h5-7,9H,2-4H2,1H3,(H,10,11)/t5-,6+,7?. The third-order valence-electron chi connectivity index (χ3n) is 2.65. The number of fused-ring (bicyclic) bond motifs is 1. The largest absolute Gasteiger partial charge is 0.450 e. The first-order valence-electron chi connectivity index (χ1n) is 4.47. The predicted molar refractivity (Wildman–Crippen MR) is 43.8 cm³/mol. The number of carbonyl (C=O) groups is 1. The van der Waals surface area contributed by atoms with Crippen LogP contribution in [0.4, 0.5) is 4.79 Å². The van der Waals surface area contributed by atoms with E-state index < -0.39 is 0 Å². The number of amides is 1. The van der Waals surface area contributed by atoms with E-state index in [0.29, 0.717) is 24.5 Å². The lowest BCUT2D eigenvalue weighted by atomic mass is 10.4. The molecular formula is C8H14N2O2. The second kappa shape index (κ2) is 2.94. The molecule has 2 rings (SSSR count). The van der Waals surface area contributed by atoms with E-state index in [4.69, 9.17) is 4.74 Å². The Kier molecular flexibility index (Phi) is 1.92. The quantitative estimate of drug-likeness (QED) is 0.611. The Balaban J connectivity index is 1.72. The van der Waals surface area contributed by atoms with Gasteiger partial charge in [-0.1, -0.05) is 0 Å². The maximum Gasteiger partial charge on any atom is 0.407 e. The molecule has 68 valence electrons. The topological polar surface area (TPSA) is 50.4 Å². The third kappa shape index (κ3) is 1.27. The zero-order valence-corrected chi connectivity index (χ0v) is 7.17. The number of piperidine rings is 1. The molecule has 0 aromatic rings. The highest BCUT2D eigenvalue weighted by Crippen LogP contribution is 2.41. The summed E-state index contributed by atoms with van der Waals surface area (Å²) < 4.78 is 4.79. The lowest BCUT2D eigenvalue weighted by Crippen LogP contribution is -2.32. The van der Waals surface area contributed by atoms with Crippen molar-refractivity contribution in [2.45, 2.75) is 13.0 Å². The summed E-state index contributed by atoms with van der Waals surface area (Å²) in [6.45, 7) is 4.35. The molecule has 0 radical (unpaired) electrons. The van der Waals surface area contributed by atoms with Gasteiger partial charge in [0.05, 0.1) is 6.61 Å². The summed E-state index contributed by atoms with van der Waals surface area (Å²) in [5.74, 6) is 1.32. The molecule has 2 fully saturated rings. The van der Waals surface area contributed by atoms with Crippen molar-refractivity contribution in [1.29, 1.82) is 0 Å². The summed E-state index contributed by atoms with van der Waals surface area (Å²) in [6, 6.07) is 0.380. The summed E-state index contributed by atoms with van der Waals surface area (Å²) in [6.07, 6.45) is -0.267. The van der Waals surface area contributed by atoms with Crippen LogP contribution in [0.15, 0.2) is 0 Å². The van der Waals surface area contributed by atoms with Gasteiger partial charge in [0.15, 0.2) is 0 Å². The minimum Gasteiger partial charge on any atom is -0.450 e. The number of hydrogen-bond acceptors (Lipinski definition) is 3. The number of rotatable bonds is 2. The zero-order valence-electron chi connectivity index (χ0n) is 7.17. The predicted octanol–water partition coefficient (Wildman–Crippen LogP) is -0.0497. The summed E-state index contributed by atoms with van der Waals surface area (Å²) >= 11 is 0. The fraction of sp³-hybridized carbons (Fsp3) is 0.875. The van der Waals surface area contributed by atoms with Gasteiger partial charge in [0.2, 0.25) is 0 Å². The first-order valence-corrected chi connectivity index (χ1v) is 4.47. The highest BCUT2D eigenvalue weighted by molar-refractivity contribution is 5.68. The Labute approximate surface area is 71.7 Å². The van der Waals surface area contributed by atoms with E-state index in [2.05, 4.69) is 10.6 Å². The van der Waals surface area contributed by atoms with Crippen molar-refractivity contribution in [3.05, 3.63) is 0 Å². The van der Waals surface area contributed by atoms with E-state index in [1.54, 1.807) is 0 Å². The highest BCUT2D eigenvalue weighted by atomic mass is 16.5. The first-order chi connectivity index (χ1) is 5.83. The summed E-state index contributed by atoms with van der Waals surface area (Å²) in [5.41, 5.74) is 0. The summed E-state index contributed by atoms with van der Waals surface area (Å²) in [4.78, 5) is 11.0. The Morgan fingerprint density at radius 3 is 2.83 bits per heavy atom. The molecule has 1 heterocycles. The van der Waals surface area contributed by atoms with Gasteiger partial charge in [0.1, 0.15) is 0 Å². The van der Waals surface area contributed by atoms with Crippen LogP contribution in [0, 0.1) is 11.8 Å². The average molecular weight is 170 g/mol. The molecule has 1 aliphatic heterocycles. The number of carbonyl (C=O) groups excluding carboxylic acids is 1. The molecule has 0 aromatic carbocycles. The van der Waals surface area contributed by atoms with Crippen molar-refractivity contribution in [3.8, 4) is 0 Å². The Bertz CT molecular complexity index is 185. The van der Waals surface area contributed by atoms with Gasteiger partial charge in [-0.05, 0) is 18.8 Å². The molecule has 1 aliphatic carbocycles. The fourth-order valence-corrected chi connectivity index (χ4v) is 1.94. The average Bonchev–Trinajstić information content (AvgIpc) is 2.51. The van der Waals surface area contributed by atoms with Gasteiger partial charge in [-0.25, -0.2) is 4.79 Å². The van der Waals surface area contributed by atoms with E-state index in [1.807, 2.05) is 6.92 Å². The van der Waals surface area contributed by atoms with Crippen LogP contribution in [-0.4, -0.2) is 31.8 Å². The van der Waals surface area contributed by atoms with Gasteiger partial charge in [0.25, 0.3) is 0 Å². The fourth-order valence-electron chi connectivity index (χ4n) is 1.94. The van der Waals surface area contributed by atoms with Crippen molar-refractivity contribution in [1.82, 2.24) is 10.6 Å². The second-order valence-electron chi connectivity index (χ2n) is 3.38. The lowest BCUT2D eigenvalue weighted by Gasteiger charge is -2.06. The van der Waals surface area contributed by atoms with Gasteiger partial charge in [-0.3, -0.25) is 0 Å². The zero-order chi connectivity index (χ0) is 8.55. The normalized spacial score (nSPS) is 37.2. The smallest absolute Gasteiger partial charge is 0.407 e. The van der Waals surface area contributed by atoms with Crippen molar-refractivity contribution in [2.24, 2.45) is 11.8 Å². The molecule has 1 saturated heterocycles. The van der Waals surface area contributed by atoms with Crippen LogP contribution in [-0.2, 0) is 4.74 Å². The minimum atomic E-state index is -0.267. The second-order valence-corrected chi connectivity index (χ2v) is 3.38. The van der Waals surface area contributed by atoms with E-state index in [0.717, 1.165) is 13.1 Å². The maximum atomic E-state index is 11.0. The van der Waals surface area contributed by atoms with Crippen LogP contribution in [0.5, 0.6) is 0 Å². The van der Waals surface area contributed by atoms with Crippen molar-refractivity contribution < 1.29 is 9.53 Å². The van der Waals surface area contributed by atoms with Crippen LogP contribution in [0.25, 0.3) is 0 Å². The molecule has 12 heavy (non-hydrogen) atoms. The Morgan fingerprint density at radius 2 is 2.25 bits per heavy atom. The molecule has 1 saturated carbocycles. The van der Waals surface area contributed by atoms with Crippen LogP contribution >= 0.6 is 0 Å². The molecule has 0 bridgehead atoms. The van der Waals surface area contributed by atoms with E-state index in [1.165, 1.54) is 0 Å². The van der Waals surface area contributed by atoms with Gasteiger partial charge in [0, 0.05) is 19.1 Å². The van der Waals surface area contributed by atoms with Crippen LogP contribution in [0.1, 0.15) is 6.92 Å². The molecule has 2 N–H and O–H groups in total. The van der Waals surface area contributed by atoms with Crippen LogP contribution in [0.3, 0.4) is 0 Å². The monoisotopic (exact) mass is 170 g/mol. The van der Waals surface area contributed by atoms with Gasteiger partial charge in [-0.2, -0.15) is 0 Å². The molecule has 1 unspecified atom stereocenters. The summed E-state index contributed by atoms with van der Waals surface area (Å²) in [5, 5.41) is 6.12. The van der Waals surface area contributed by atoms with Crippen molar-refractivity contribution in [3.63, 3.8) is 0 Å². The molecule has 1 amide bonds. The maximum absolute atomic E-state index is 11.0. The first kappa shape index (κ1) is 7.86. The molecule has 0 spiro atoms. The van der Waals surface area contributed by atoms with Crippen molar-refractivity contribution in [2.75, 3.05) is 19.7 Å². The molecule has 0 aromatic heterocycles. The third-order valence-corrected chi connectivity index (χ3v) is 2.65. The van der Waals surface area contributed by atoms with Crippen LogP contribution in [0.2, 0.25) is 0 Å². The van der Waals surface area contributed by atoms with E-state index in [-0.39, 0.29) is 6.09 Å². The number of nitrogens with one attached hydrogen (secondary N) is 2. The molecule has 4 nitrogen and oxygen atoms in total. The molecular weight excluding hydrogens is 156 g/mol. The Morgan fingerprint density at radius 1 is 1.58 bits per heavy atom. The van der Waals surface area contributed by atoms with E-state index in [9.17, 15) is 4.79 Å². The number of alkyl carbamates (subject to hydrolysis) is 1. The highest BCUT2D eigenvalue weighted by Gasteiger charge is 2.53. The van der Waals surface area contributed by atoms with E-state index >= 15 is 0 Å². The van der Waals surface area contributed by atoms with Crippen LogP contribution < -0.4 is 10.6 Å². The lowest BCUT2D eigenvalue weighted by molar-refractivity contribution is 0.150. The van der Waals surface area contributed by atoms with Gasteiger partial charge in [-0.15, -0.1) is 0 Å². The minimum absolute atomic E-state index is 0.267. The van der Waals surface area contributed by atoms with Gasteiger partial charge < -0.3 is 15.4 Å². The molecule has 4 heteroatoms. The Hall–Kier alpha value is -0.770. The summed E-state index contributed by atoms with van der Waals surface area (Å²) in [7, 11) is 0.